The van der Waals surface area contributed by atoms with Crippen molar-refractivity contribution in [3.05, 3.63) is 87.7 Å². The smallest absolute Gasteiger partial charge is 0.311 e. The Bertz CT molecular complexity index is 1020. The molecule has 1 heterocycles. The highest BCUT2D eigenvalue weighted by atomic mass is 35.5. The average molecular weight is 486 g/mol. The summed E-state index contributed by atoms with van der Waals surface area (Å²) in [6, 6.07) is 13.5. The highest BCUT2D eigenvalue weighted by molar-refractivity contribution is 6.30. The zero-order valence-electron chi connectivity index (χ0n) is 15.9. The Morgan fingerprint density at radius 3 is 2.39 bits per heavy atom. The third kappa shape index (κ3) is 7.37. The standard InChI is InChI=1S/C20H17ClN4O4.2ClH/c21-14-3-6-18(25(27)28)19(12-14)29-16-4-1-13(2-5-16)11-17(22)20(26)24-15-7-9-23-10-8-15;;/h1-10,12,17H,11,22H2,(H,23,24,26);2*1H/t17-;;/m0../s1. The van der Waals surface area contributed by atoms with E-state index in [2.05, 4.69) is 10.3 Å². The first-order chi connectivity index (χ1) is 13.9. The van der Waals surface area contributed by atoms with Crippen molar-refractivity contribution < 1.29 is 14.5 Å². The number of nitrogens with one attached hydrogen (secondary N) is 1. The second-order valence-electron chi connectivity index (χ2n) is 6.15. The molecular weight excluding hydrogens is 467 g/mol. The molecule has 0 bridgehead atoms. The second-order valence-corrected chi connectivity index (χ2v) is 6.59. The second kappa shape index (κ2) is 12.1. The molecule has 0 radical (unpaired) electrons. The minimum absolute atomic E-state index is 0. The van der Waals surface area contributed by atoms with Crippen molar-refractivity contribution in [2.75, 3.05) is 5.32 Å². The number of halogens is 3. The molecule has 31 heavy (non-hydrogen) atoms. The molecule has 11 heteroatoms. The molecule has 0 fully saturated rings. The van der Waals surface area contributed by atoms with Gasteiger partial charge in [0.1, 0.15) is 5.75 Å². The average Bonchev–Trinajstić information content (AvgIpc) is 2.70. The maximum absolute atomic E-state index is 12.2. The number of rotatable bonds is 7. The lowest BCUT2D eigenvalue weighted by Crippen LogP contribution is -2.37. The van der Waals surface area contributed by atoms with Crippen LogP contribution in [0.3, 0.4) is 0 Å². The Balaban J connectivity index is 0.00000240. The molecule has 0 aliphatic carbocycles. The molecule has 0 aliphatic heterocycles. The molecule has 0 saturated heterocycles. The number of carbonyl (C=O) groups excluding carboxylic acids is 1. The predicted octanol–water partition coefficient (Wildman–Crippen LogP) is 4.79. The molecule has 1 amide bonds. The van der Waals surface area contributed by atoms with Gasteiger partial charge in [-0.05, 0) is 42.3 Å². The number of nitrogens with two attached hydrogens (primary N) is 1. The number of hydrogen-bond donors (Lipinski definition) is 2. The Labute approximate surface area is 195 Å². The van der Waals surface area contributed by atoms with Gasteiger partial charge in [0.05, 0.1) is 11.0 Å². The Hall–Kier alpha value is -2.91. The van der Waals surface area contributed by atoms with Gasteiger partial charge in [0, 0.05) is 35.2 Å². The molecule has 0 aliphatic rings. The fourth-order valence-electron chi connectivity index (χ4n) is 2.56. The van der Waals surface area contributed by atoms with Gasteiger partial charge in [0.25, 0.3) is 0 Å². The molecular formula is C20H19Cl3N4O4. The van der Waals surface area contributed by atoms with E-state index in [1.54, 1.807) is 48.8 Å². The molecule has 164 valence electrons. The van der Waals surface area contributed by atoms with Crippen LogP contribution in [-0.2, 0) is 11.2 Å². The van der Waals surface area contributed by atoms with Crippen LogP contribution < -0.4 is 15.8 Å². The number of nitro benzene ring substituents is 1. The third-order valence-electron chi connectivity index (χ3n) is 4.01. The van der Waals surface area contributed by atoms with Crippen molar-refractivity contribution in [2.24, 2.45) is 5.73 Å². The van der Waals surface area contributed by atoms with E-state index in [-0.39, 0.29) is 42.2 Å². The van der Waals surface area contributed by atoms with E-state index in [1.165, 1.54) is 18.2 Å². The van der Waals surface area contributed by atoms with Crippen LogP contribution in [-0.4, -0.2) is 21.9 Å². The molecule has 0 saturated carbocycles. The first-order valence-electron chi connectivity index (χ1n) is 8.59. The number of anilines is 1. The Morgan fingerprint density at radius 1 is 1.13 bits per heavy atom. The van der Waals surface area contributed by atoms with Gasteiger partial charge in [-0.2, -0.15) is 0 Å². The van der Waals surface area contributed by atoms with Crippen LogP contribution in [0.15, 0.2) is 67.0 Å². The summed E-state index contributed by atoms with van der Waals surface area (Å²) in [5, 5.41) is 14.2. The first kappa shape index (κ1) is 26.1. The van der Waals surface area contributed by atoms with Gasteiger partial charge >= 0.3 is 5.69 Å². The molecule has 3 N–H and O–H groups in total. The van der Waals surface area contributed by atoms with Crippen molar-refractivity contribution in [3.8, 4) is 11.5 Å². The van der Waals surface area contributed by atoms with Gasteiger partial charge < -0.3 is 15.8 Å². The summed E-state index contributed by atoms with van der Waals surface area (Å²) >= 11 is 5.90. The van der Waals surface area contributed by atoms with E-state index in [4.69, 9.17) is 22.1 Å². The first-order valence-corrected chi connectivity index (χ1v) is 8.97. The molecule has 0 unspecified atom stereocenters. The molecule has 1 aromatic heterocycles. The number of carbonyl (C=O) groups is 1. The topological polar surface area (TPSA) is 120 Å². The van der Waals surface area contributed by atoms with Crippen LogP contribution >= 0.6 is 36.4 Å². The van der Waals surface area contributed by atoms with E-state index in [0.29, 0.717) is 22.9 Å². The van der Waals surface area contributed by atoms with E-state index >= 15 is 0 Å². The van der Waals surface area contributed by atoms with Crippen LogP contribution in [0.4, 0.5) is 11.4 Å². The zero-order chi connectivity index (χ0) is 20.8. The number of nitrogens with zero attached hydrogens (tertiary/aromatic N) is 2. The molecule has 3 aromatic rings. The van der Waals surface area contributed by atoms with E-state index < -0.39 is 11.0 Å². The highest BCUT2D eigenvalue weighted by Gasteiger charge is 2.17. The number of nitro groups is 1. The maximum Gasteiger partial charge on any atom is 0.311 e. The number of benzene rings is 2. The van der Waals surface area contributed by atoms with Crippen molar-refractivity contribution in [1.29, 1.82) is 0 Å². The molecule has 1 atom stereocenters. The van der Waals surface area contributed by atoms with Crippen molar-refractivity contribution >= 4 is 53.7 Å². The van der Waals surface area contributed by atoms with Gasteiger partial charge in [0.2, 0.25) is 11.7 Å². The van der Waals surface area contributed by atoms with Crippen LogP contribution in [0.5, 0.6) is 11.5 Å². The van der Waals surface area contributed by atoms with E-state index in [0.717, 1.165) is 5.56 Å². The fourth-order valence-corrected chi connectivity index (χ4v) is 2.72. The van der Waals surface area contributed by atoms with Crippen molar-refractivity contribution in [2.45, 2.75) is 12.5 Å². The minimum Gasteiger partial charge on any atom is -0.450 e. The minimum atomic E-state index is -0.746. The number of hydrogen-bond acceptors (Lipinski definition) is 6. The van der Waals surface area contributed by atoms with Crippen molar-refractivity contribution in [1.82, 2.24) is 4.98 Å². The van der Waals surface area contributed by atoms with Crippen LogP contribution in [0.2, 0.25) is 5.02 Å². The number of pyridine rings is 1. The summed E-state index contributed by atoms with van der Waals surface area (Å²) in [7, 11) is 0. The number of ether oxygens (including phenoxy) is 1. The summed E-state index contributed by atoms with van der Waals surface area (Å²) in [6.07, 6.45) is 3.46. The Kier molecular flexibility index (Phi) is 10.2. The quantitative estimate of drug-likeness (QED) is 0.367. The summed E-state index contributed by atoms with van der Waals surface area (Å²) in [4.78, 5) is 26.7. The molecule has 3 rings (SSSR count). The van der Waals surface area contributed by atoms with Gasteiger partial charge in [-0.1, -0.05) is 23.7 Å². The SMILES string of the molecule is Cl.Cl.N[C@@H](Cc1ccc(Oc2cc(Cl)ccc2[N+](=O)[O-])cc1)C(=O)Nc1ccncc1. The lowest BCUT2D eigenvalue weighted by molar-refractivity contribution is -0.385. The van der Waals surface area contributed by atoms with Gasteiger partial charge in [-0.3, -0.25) is 19.9 Å². The normalized spacial score (nSPS) is 10.8. The summed E-state index contributed by atoms with van der Waals surface area (Å²) < 4.78 is 5.60. The van der Waals surface area contributed by atoms with Gasteiger partial charge in [-0.25, -0.2) is 0 Å². The lowest BCUT2D eigenvalue weighted by Gasteiger charge is -2.13. The van der Waals surface area contributed by atoms with Gasteiger partial charge in [0.15, 0.2) is 0 Å². The number of amides is 1. The molecule has 8 nitrogen and oxygen atoms in total. The number of aromatic nitrogens is 1. The van der Waals surface area contributed by atoms with E-state index in [1.807, 2.05) is 0 Å². The van der Waals surface area contributed by atoms with Crippen LogP contribution in [0.1, 0.15) is 5.56 Å². The highest BCUT2D eigenvalue weighted by Crippen LogP contribution is 2.33. The largest absolute Gasteiger partial charge is 0.450 e. The van der Waals surface area contributed by atoms with Crippen LogP contribution in [0, 0.1) is 10.1 Å². The summed E-state index contributed by atoms with van der Waals surface area (Å²) in [6.45, 7) is 0. The van der Waals surface area contributed by atoms with Crippen LogP contribution in [0.25, 0.3) is 0 Å². The lowest BCUT2D eigenvalue weighted by atomic mass is 10.1. The summed E-state index contributed by atoms with van der Waals surface area (Å²) in [5.74, 6) is 0.128. The molecule has 0 spiro atoms. The molecule has 2 aromatic carbocycles. The predicted molar refractivity (Wildman–Crippen MR) is 124 cm³/mol. The van der Waals surface area contributed by atoms with Gasteiger partial charge in [-0.15, -0.1) is 24.8 Å². The zero-order valence-corrected chi connectivity index (χ0v) is 18.3. The fraction of sp³-hybridized carbons (Fsp3) is 0.100. The van der Waals surface area contributed by atoms with Crippen molar-refractivity contribution in [3.63, 3.8) is 0 Å². The Morgan fingerprint density at radius 2 is 1.77 bits per heavy atom. The maximum atomic E-state index is 12.2. The third-order valence-corrected chi connectivity index (χ3v) is 4.25. The van der Waals surface area contributed by atoms with E-state index in [9.17, 15) is 14.9 Å². The monoisotopic (exact) mass is 484 g/mol. The summed E-state index contributed by atoms with van der Waals surface area (Å²) in [5.41, 5.74) is 7.23.